The molecule has 2 aromatic rings. The van der Waals surface area contributed by atoms with Crippen LogP contribution in [0.5, 0.6) is 0 Å². The highest BCUT2D eigenvalue weighted by molar-refractivity contribution is 5.92. The van der Waals surface area contributed by atoms with Gasteiger partial charge in [-0.25, -0.2) is 5.84 Å². The number of nitrogens with one attached hydrogen (secondary N) is 2. The lowest BCUT2D eigenvalue weighted by atomic mass is 10.1. The summed E-state index contributed by atoms with van der Waals surface area (Å²) in [7, 11) is 0. The van der Waals surface area contributed by atoms with Gasteiger partial charge in [-0.1, -0.05) is 17.3 Å². The van der Waals surface area contributed by atoms with Crippen LogP contribution < -0.4 is 22.2 Å². The number of carbonyl (C=O) groups is 2. The first kappa shape index (κ1) is 28.9. The van der Waals surface area contributed by atoms with Crippen molar-refractivity contribution in [2.24, 2.45) is 11.6 Å². The van der Waals surface area contributed by atoms with Gasteiger partial charge < -0.3 is 26.1 Å². The molecule has 0 spiro atoms. The summed E-state index contributed by atoms with van der Waals surface area (Å²) in [5, 5.41) is 14.4. The van der Waals surface area contributed by atoms with Crippen molar-refractivity contribution in [1.82, 2.24) is 30.6 Å². The van der Waals surface area contributed by atoms with E-state index in [4.69, 9.17) is 16.3 Å². The number of hydrazine groups is 1. The van der Waals surface area contributed by atoms with Crippen LogP contribution in [0.3, 0.4) is 0 Å². The molecule has 0 aliphatic carbocycles. The molecule has 14 heteroatoms. The molecule has 1 saturated heterocycles. The second kappa shape index (κ2) is 13.8. The fourth-order valence-corrected chi connectivity index (χ4v) is 3.79. The Morgan fingerprint density at radius 1 is 1.24 bits per heavy atom. The molecule has 0 radical (unpaired) electrons. The molecule has 1 unspecified atom stereocenters. The molecule has 1 atom stereocenters. The van der Waals surface area contributed by atoms with E-state index in [2.05, 4.69) is 20.9 Å². The van der Waals surface area contributed by atoms with Crippen molar-refractivity contribution >= 4 is 11.8 Å². The topological polar surface area (TPSA) is 153 Å². The zero-order valence-electron chi connectivity index (χ0n) is 20.9. The zero-order valence-corrected chi connectivity index (χ0v) is 20.9. The molecule has 2 heterocycles. The molecule has 1 aromatic heterocycles. The van der Waals surface area contributed by atoms with Crippen LogP contribution in [0.25, 0.3) is 0 Å². The second-order valence-corrected chi connectivity index (χ2v) is 8.98. The Morgan fingerprint density at radius 3 is 2.79 bits per heavy atom. The largest absolute Gasteiger partial charge is 0.416 e. The van der Waals surface area contributed by atoms with Gasteiger partial charge in [0.2, 0.25) is 0 Å². The van der Waals surface area contributed by atoms with Gasteiger partial charge in [-0.15, -0.1) is 5.10 Å². The van der Waals surface area contributed by atoms with Crippen LogP contribution in [-0.4, -0.2) is 57.6 Å². The number of aromatic nitrogens is 3. The molecule has 0 bridgehead atoms. The summed E-state index contributed by atoms with van der Waals surface area (Å²) in [6, 6.07) is 4.67. The van der Waals surface area contributed by atoms with Gasteiger partial charge in [-0.3, -0.25) is 14.3 Å². The number of ether oxygens (including phenoxy) is 1. The molecule has 0 saturated carbocycles. The van der Waals surface area contributed by atoms with Crippen molar-refractivity contribution in [3.05, 3.63) is 59.2 Å². The van der Waals surface area contributed by atoms with Crippen LogP contribution in [0.2, 0.25) is 0 Å². The Labute approximate surface area is 218 Å². The van der Waals surface area contributed by atoms with E-state index in [1.165, 1.54) is 23.3 Å². The average Bonchev–Trinajstić information content (AvgIpc) is 3.38. The summed E-state index contributed by atoms with van der Waals surface area (Å²) in [5.74, 6) is 4.93. The van der Waals surface area contributed by atoms with E-state index in [1.807, 2.05) is 0 Å². The standard InChI is InChI=1S/C24H33F3N8O3/c25-24(26,27)18-7-5-6-17(12-18)13-30-22(36)20(28)15-34(29)9-2-3-10-35-16-21(32-33-35)23(37)31-14-19-8-1-4-11-38-19/h5-7,12,15-16,19H,1-4,8-11,13-14,28-29H2,(H,30,36)(H,31,37)/b20-15-. The van der Waals surface area contributed by atoms with E-state index in [0.717, 1.165) is 38.0 Å². The maximum Gasteiger partial charge on any atom is 0.416 e. The summed E-state index contributed by atoms with van der Waals surface area (Å²) < 4.78 is 45.6. The number of benzene rings is 1. The van der Waals surface area contributed by atoms with E-state index in [-0.39, 0.29) is 35.5 Å². The maximum atomic E-state index is 12.8. The minimum atomic E-state index is -4.46. The number of rotatable bonds is 12. The van der Waals surface area contributed by atoms with Crippen molar-refractivity contribution in [3.63, 3.8) is 0 Å². The Kier molecular flexibility index (Phi) is 10.5. The fraction of sp³-hybridized carbons (Fsp3) is 0.500. The van der Waals surface area contributed by atoms with Gasteiger partial charge in [-0.2, -0.15) is 13.2 Å². The minimum absolute atomic E-state index is 0.0338. The predicted octanol–water partition coefficient (Wildman–Crippen LogP) is 1.67. The quantitative estimate of drug-likeness (QED) is 0.138. The molecular weight excluding hydrogens is 505 g/mol. The number of alkyl halides is 3. The third-order valence-corrected chi connectivity index (χ3v) is 5.86. The van der Waals surface area contributed by atoms with Crippen LogP contribution in [0.4, 0.5) is 13.2 Å². The van der Waals surface area contributed by atoms with E-state index >= 15 is 0 Å². The predicted molar refractivity (Wildman–Crippen MR) is 132 cm³/mol. The molecule has 1 aromatic carbocycles. The Morgan fingerprint density at radius 2 is 2.05 bits per heavy atom. The minimum Gasteiger partial charge on any atom is -0.393 e. The summed E-state index contributed by atoms with van der Waals surface area (Å²) in [6.45, 7) is 1.93. The number of halogens is 3. The molecule has 1 aliphatic heterocycles. The molecule has 6 N–H and O–H groups in total. The van der Waals surface area contributed by atoms with Crippen molar-refractivity contribution in [3.8, 4) is 0 Å². The Hall–Kier alpha value is -3.65. The number of nitrogens with zero attached hydrogens (tertiary/aromatic N) is 4. The molecular formula is C24H33F3N8O3. The number of nitrogens with two attached hydrogens (primary N) is 2. The van der Waals surface area contributed by atoms with Gasteiger partial charge in [-0.05, 0) is 49.8 Å². The third kappa shape index (κ3) is 9.34. The number of hydrogen-bond donors (Lipinski definition) is 4. The van der Waals surface area contributed by atoms with Crippen LogP contribution in [-0.2, 0) is 28.8 Å². The highest BCUT2D eigenvalue weighted by Gasteiger charge is 2.30. The molecule has 2 amide bonds. The van der Waals surface area contributed by atoms with E-state index in [0.29, 0.717) is 32.5 Å². The molecule has 208 valence electrons. The van der Waals surface area contributed by atoms with Crippen molar-refractivity contribution in [1.29, 1.82) is 0 Å². The summed E-state index contributed by atoms with van der Waals surface area (Å²) in [6.07, 6.45) is 2.77. The smallest absolute Gasteiger partial charge is 0.393 e. The van der Waals surface area contributed by atoms with Gasteiger partial charge in [0, 0.05) is 39.0 Å². The van der Waals surface area contributed by atoms with Crippen LogP contribution in [0.15, 0.2) is 42.4 Å². The second-order valence-electron chi connectivity index (χ2n) is 8.98. The highest BCUT2D eigenvalue weighted by Crippen LogP contribution is 2.29. The number of amides is 2. The highest BCUT2D eigenvalue weighted by atomic mass is 19.4. The summed E-state index contributed by atoms with van der Waals surface area (Å²) in [5.41, 5.74) is 5.31. The van der Waals surface area contributed by atoms with E-state index in [9.17, 15) is 22.8 Å². The normalized spacial score (nSPS) is 16.2. The Bertz CT molecular complexity index is 1100. The molecule has 38 heavy (non-hydrogen) atoms. The van der Waals surface area contributed by atoms with Crippen LogP contribution in [0.1, 0.15) is 53.7 Å². The van der Waals surface area contributed by atoms with Gasteiger partial charge in [0.05, 0.1) is 17.9 Å². The van der Waals surface area contributed by atoms with Crippen molar-refractivity contribution in [2.75, 3.05) is 19.7 Å². The lowest BCUT2D eigenvalue weighted by Crippen LogP contribution is -2.35. The SMILES string of the molecule is N/C(=C\N(N)CCCCn1cc(C(=O)NCC2CCCCO2)nn1)C(=O)NCc1cccc(C(F)(F)F)c1. The monoisotopic (exact) mass is 538 g/mol. The number of carbonyl (C=O) groups excluding carboxylic acids is 2. The number of aryl methyl sites for hydroxylation is 1. The first-order chi connectivity index (χ1) is 18.1. The number of hydrogen-bond acceptors (Lipinski definition) is 8. The average molecular weight is 539 g/mol. The van der Waals surface area contributed by atoms with Crippen molar-refractivity contribution in [2.45, 2.75) is 57.5 Å². The maximum absolute atomic E-state index is 12.8. The van der Waals surface area contributed by atoms with Gasteiger partial charge in [0.15, 0.2) is 5.69 Å². The molecule has 3 rings (SSSR count). The molecule has 1 fully saturated rings. The van der Waals surface area contributed by atoms with Gasteiger partial charge in [0.25, 0.3) is 11.8 Å². The van der Waals surface area contributed by atoms with Crippen LogP contribution in [0, 0.1) is 0 Å². The lowest BCUT2D eigenvalue weighted by molar-refractivity contribution is -0.137. The van der Waals surface area contributed by atoms with Crippen molar-refractivity contribution < 1.29 is 27.5 Å². The zero-order chi connectivity index (χ0) is 27.5. The molecule has 11 nitrogen and oxygen atoms in total. The van der Waals surface area contributed by atoms with E-state index < -0.39 is 17.6 Å². The van der Waals surface area contributed by atoms with Crippen LogP contribution >= 0.6 is 0 Å². The first-order valence-corrected chi connectivity index (χ1v) is 12.3. The summed E-state index contributed by atoms with van der Waals surface area (Å²) in [4.78, 5) is 24.4. The van der Waals surface area contributed by atoms with Gasteiger partial charge >= 0.3 is 6.18 Å². The third-order valence-electron chi connectivity index (χ3n) is 5.86. The summed E-state index contributed by atoms with van der Waals surface area (Å²) >= 11 is 0. The lowest BCUT2D eigenvalue weighted by Gasteiger charge is -2.22. The first-order valence-electron chi connectivity index (χ1n) is 12.3. The number of unbranched alkanes of at least 4 members (excludes halogenated alkanes) is 1. The Balaban J connectivity index is 1.34. The van der Waals surface area contributed by atoms with Gasteiger partial charge in [0.1, 0.15) is 5.70 Å². The molecule has 1 aliphatic rings. The van der Waals surface area contributed by atoms with E-state index in [1.54, 1.807) is 10.9 Å². The fourth-order valence-electron chi connectivity index (χ4n) is 3.79.